The lowest BCUT2D eigenvalue weighted by atomic mass is 9.46. The minimum Gasteiger partial charge on any atom is -0.457 e. The third-order valence-corrected chi connectivity index (χ3v) is 10.2. The highest BCUT2D eigenvalue weighted by Gasteiger charge is 2.68. The average molecular weight is 487 g/mol. The van der Waals surface area contributed by atoms with Gasteiger partial charge in [0.05, 0.1) is 0 Å². The largest absolute Gasteiger partial charge is 0.457 e. The number of ketones is 2. The predicted octanol–water partition coefficient (Wildman–Crippen LogP) is 5.51. The van der Waals surface area contributed by atoms with E-state index in [1.165, 1.54) is 5.57 Å². The minimum atomic E-state index is -1.24. The first-order valence-corrected chi connectivity index (χ1v) is 13.8. The van der Waals surface area contributed by atoms with E-state index in [4.69, 9.17) is 9.47 Å². The predicted molar refractivity (Wildman–Crippen MR) is 131 cm³/mol. The second-order valence-corrected chi connectivity index (χ2v) is 11.8. The van der Waals surface area contributed by atoms with Gasteiger partial charge in [-0.05, 0) is 80.6 Å². The standard InChI is InChI=1S/C29H42O6/c1-5-7-8-26(33)35-29(24(31)18-34-25(32)6-2)16-13-23-21-10-9-19-17-20(30)11-14-27(19,3)22(21)12-15-28(23,29)4/h17,21-23H,5-16,18H2,1-4H3/t21?,22?,23?,27-,28-,29-/m0/s1. The van der Waals surface area contributed by atoms with E-state index < -0.39 is 17.0 Å². The number of hydrogen-bond donors (Lipinski definition) is 0. The Hall–Kier alpha value is -1.98. The third-order valence-electron chi connectivity index (χ3n) is 10.2. The topological polar surface area (TPSA) is 86.7 Å². The molecule has 0 aromatic carbocycles. The fraction of sp³-hybridized carbons (Fsp3) is 0.793. The number of ether oxygens (including phenoxy) is 2. The second kappa shape index (κ2) is 9.82. The van der Waals surface area contributed by atoms with Crippen LogP contribution in [0.1, 0.15) is 105 Å². The van der Waals surface area contributed by atoms with Crippen molar-refractivity contribution in [3.8, 4) is 0 Å². The van der Waals surface area contributed by atoms with Crippen LogP contribution in [0.25, 0.3) is 0 Å². The molecule has 0 aromatic rings. The number of fused-ring (bicyclic) bond motifs is 5. The fourth-order valence-electron chi connectivity index (χ4n) is 8.17. The van der Waals surface area contributed by atoms with Crippen LogP contribution in [-0.4, -0.2) is 35.7 Å². The number of hydrogen-bond acceptors (Lipinski definition) is 6. The number of carbonyl (C=O) groups is 4. The number of esters is 2. The van der Waals surface area contributed by atoms with E-state index >= 15 is 0 Å². The minimum absolute atomic E-state index is 0.0435. The van der Waals surface area contributed by atoms with Crippen LogP contribution in [0.4, 0.5) is 0 Å². The van der Waals surface area contributed by atoms with Crippen LogP contribution in [0, 0.1) is 28.6 Å². The molecular formula is C29H42O6. The smallest absolute Gasteiger partial charge is 0.306 e. The zero-order valence-corrected chi connectivity index (χ0v) is 22.0. The van der Waals surface area contributed by atoms with Crippen LogP contribution in [-0.2, 0) is 28.7 Å². The van der Waals surface area contributed by atoms with Crippen LogP contribution in [0.5, 0.6) is 0 Å². The van der Waals surface area contributed by atoms with E-state index in [0.29, 0.717) is 31.1 Å². The van der Waals surface area contributed by atoms with Gasteiger partial charge in [-0.3, -0.25) is 19.2 Å². The Morgan fingerprint density at radius 1 is 0.971 bits per heavy atom. The molecule has 194 valence electrons. The van der Waals surface area contributed by atoms with Gasteiger partial charge in [0, 0.05) is 24.7 Å². The number of Topliss-reactive ketones (excluding diaryl/α,β-unsaturated/α-hetero) is 1. The van der Waals surface area contributed by atoms with Crippen molar-refractivity contribution in [3.05, 3.63) is 11.6 Å². The van der Waals surface area contributed by atoms with Crippen molar-refractivity contribution in [3.63, 3.8) is 0 Å². The van der Waals surface area contributed by atoms with Crippen LogP contribution in [0.15, 0.2) is 11.6 Å². The van der Waals surface area contributed by atoms with Crippen LogP contribution in [0.2, 0.25) is 0 Å². The summed E-state index contributed by atoms with van der Waals surface area (Å²) in [6.07, 6.45) is 10.6. The normalized spacial score (nSPS) is 38.0. The summed E-state index contributed by atoms with van der Waals surface area (Å²) in [5, 5.41) is 0. The monoisotopic (exact) mass is 486 g/mol. The van der Waals surface area contributed by atoms with Gasteiger partial charge in [-0.1, -0.05) is 39.7 Å². The van der Waals surface area contributed by atoms with Crippen LogP contribution in [0.3, 0.4) is 0 Å². The van der Waals surface area contributed by atoms with Gasteiger partial charge in [0.15, 0.2) is 18.0 Å². The molecule has 0 amide bonds. The van der Waals surface area contributed by atoms with E-state index in [0.717, 1.165) is 51.4 Å². The van der Waals surface area contributed by atoms with Crippen molar-refractivity contribution in [2.24, 2.45) is 28.6 Å². The lowest BCUT2D eigenvalue weighted by Crippen LogP contribution is -2.60. The summed E-state index contributed by atoms with van der Waals surface area (Å²) in [6.45, 7) is 7.88. The Labute approximate surface area is 209 Å². The molecule has 6 heteroatoms. The summed E-state index contributed by atoms with van der Waals surface area (Å²) in [6, 6.07) is 0. The highest BCUT2D eigenvalue weighted by Crippen LogP contribution is 2.68. The zero-order chi connectivity index (χ0) is 25.4. The van der Waals surface area contributed by atoms with Gasteiger partial charge in [-0.25, -0.2) is 0 Å². The van der Waals surface area contributed by atoms with E-state index in [9.17, 15) is 19.2 Å². The van der Waals surface area contributed by atoms with E-state index in [1.54, 1.807) is 6.92 Å². The molecule has 0 bridgehead atoms. The summed E-state index contributed by atoms with van der Waals surface area (Å²) in [4.78, 5) is 50.6. The number of rotatable bonds is 8. The molecule has 35 heavy (non-hydrogen) atoms. The first-order valence-electron chi connectivity index (χ1n) is 13.8. The Bertz CT molecular complexity index is 920. The van der Waals surface area contributed by atoms with Crippen molar-refractivity contribution in [2.45, 2.75) is 110 Å². The van der Waals surface area contributed by atoms with Gasteiger partial charge < -0.3 is 9.47 Å². The summed E-state index contributed by atoms with van der Waals surface area (Å²) in [5.41, 5.74) is -0.354. The van der Waals surface area contributed by atoms with E-state index in [2.05, 4.69) is 13.8 Å². The third kappa shape index (κ3) is 4.29. The molecule has 4 rings (SSSR count). The molecule has 6 atom stereocenters. The Kier molecular flexibility index (Phi) is 7.32. The van der Waals surface area contributed by atoms with Gasteiger partial charge in [-0.2, -0.15) is 0 Å². The van der Waals surface area contributed by atoms with E-state index in [1.807, 2.05) is 13.0 Å². The maximum absolute atomic E-state index is 13.7. The lowest BCUT2D eigenvalue weighted by Gasteiger charge is -2.59. The van der Waals surface area contributed by atoms with Gasteiger partial charge in [0.1, 0.15) is 0 Å². The number of allylic oxidation sites excluding steroid dienone is 1. The Morgan fingerprint density at radius 3 is 2.43 bits per heavy atom. The lowest BCUT2D eigenvalue weighted by molar-refractivity contribution is -0.192. The van der Waals surface area contributed by atoms with Crippen molar-refractivity contribution in [1.82, 2.24) is 0 Å². The van der Waals surface area contributed by atoms with E-state index in [-0.39, 0.29) is 41.9 Å². The van der Waals surface area contributed by atoms with Crippen LogP contribution >= 0.6 is 0 Å². The molecule has 0 saturated heterocycles. The molecule has 3 saturated carbocycles. The number of carbonyl (C=O) groups excluding carboxylic acids is 4. The summed E-state index contributed by atoms with van der Waals surface area (Å²) >= 11 is 0. The molecule has 6 nitrogen and oxygen atoms in total. The highest BCUT2D eigenvalue weighted by atomic mass is 16.6. The molecule has 0 radical (unpaired) electrons. The van der Waals surface area contributed by atoms with Crippen molar-refractivity contribution in [2.75, 3.05) is 6.61 Å². The summed E-state index contributed by atoms with van der Waals surface area (Å²) < 4.78 is 11.5. The zero-order valence-electron chi connectivity index (χ0n) is 22.0. The summed E-state index contributed by atoms with van der Waals surface area (Å²) in [7, 11) is 0. The maximum Gasteiger partial charge on any atom is 0.306 e. The molecule has 4 aliphatic carbocycles. The molecule has 0 heterocycles. The molecule has 4 aliphatic rings. The molecule has 3 unspecified atom stereocenters. The van der Waals surface area contributed by atoms with Gasteiger partial charge in [0.25, 0.3) is 0 Å². The SMILES string of the molecule is CCCCC(=O)O[C@]1(C(=O)COC(=O)CC)CCC2C3CCC4=CC(=O)CC[C@]4(C)C3CC[C@@]21C. The molecule has 0 aliphatic heterocycles. The summed E-state index contributed by atoms with van der Waals surface area (Å²) in [5.74, 6) is 0.431. The van der Waals surface area contributed by atoms with Crippen molar-refractivity contribution < 1.29 is 28.7 Å². The highest BCUT2D eigenvalue weighted by molar-refractivity contribution is 5.93. The van der Waals surface area contributed by atoms with Crippen molar-refractivity contribution >= 4 is 23.5 Å². The quantitative estimate of drug-likeness (QED) is 0.420. The fourth-order valence-corrected chi connectivity index (χ4v) is 8.17. The average Bonchev–Trinajstić information content (AvgIpc) is 3.14. The molecule has 0 spiro atoms. The van der Waals surface area contributed by atoms with Crippen molar-refractivity contribution in [1.29, 1.82) is 0 Å². The van der Waals surface area contributed by atoms with Gasteiger partial charge >= 0.3 is 11.9 Å². The molecule has 0 aromatic heterocycles. The Balaban J connectivity index is 1.64. The molecule has 3 fully saturated rings. The maximum atomic E-state index is 13.7. The van der Waals surface area contributed by atoms with Gasteiger partial charge in [0.2, 0.25) is 5.78 Å². The second-order valence-electron chi connectivity index (χ2n) is 11.8. The first-order chi connectivity index (χ1) is 16.6. The van der Waals surface area contributed by atoms with Gasteiger partial charge in [-0.15, -0.1) is 0 Å². The first kappa shape index (κ1) is 26.1. The number of unbranched alkanes of at least 4 members (excludes halogenated alkanes) is 1. The Morgan fingerprint density at radius 2 is 1.71 bits per heavy atom. The van der Waals surface area contributed by atoms with Crippen LogP contribution < -0.4 is 0 Å². The molecule has 0 N–H and O–H groups in total. The molecular weight excluding hydrogens is 444 g/mol.